The van der Waals surface area contributed by atoms with Crippen LogP contribution in [0.5, 0.6) is 0 Å². The third-order valence-corrected chi connectivity index (χ3v) is 13.3. The Bertz CT molecular complexity index is 2110. The van der Waals surface area contributed by atoms with E-state index >= 15 is 4.79 Å². The van der Waals surface area contributed by atoms with Gasteiger partial charge in [-0.15, -0.1) is 0 Å². The third kappa shape index (κ3) is 8.01. The number of Topliss-reactive ketones (excluding diaryl/α,β-unsaturated/α-hetero) is 1. The van der Waals surface area contributed by atoms with Crippen LogP contribution in [0.4, 0.5) is 4.79 Å². The van der Waals surface area contributed by atoms with Crippen molar-refractivity contribution >= 4 is 35.8 Å². The van der Waals surface area contributed by atoms with Gasteiger partial charge in [-0.1, -0.05) is 83.1 Å². The second-order valence-corrected chi connectivity index (χ2v) is 18.8. The summed E-state index contributed by atoms with van der Waals surface area (Å²) in [5, 5.41) is 40.3. The van der Waals surface area contributed by atoms with E-state index < -0.39 is 118 Å². The van der Waals surface area contributed by atoms with Gasteiger partial charge in [-0.05, 0) is 48.1 Å². The van der Waals surface area contributed by atoms with E-state index in [1.807, 2.05) is 20.8 Å². The van der Waals surface area contributed by atoms with E-state index in [4.69, 9.17) is 28.4 Å². The summed E-state index contributed by atoms with van der Waals surface area (Å²) in [7, 11) is 1.07. The van der Waals surface area contributed by atoms with E-state index in [9.17, 15) is 39.3 Å². The van der Waals surface area contributed by atoms with E-state index in [2.05, 4.69) is 5.32 Å². The maximum Gasteiger partial charge on any atom is 0.508 e. The molecule has 4 N–H and O–H groups in total. The number of ketones is 1. The fraction of sp³-hybridized carbons (Fsp3) is 0.565. The van der Waals surface area contributed by atoms with E-state index in [0.29, 0.717) is 5.56 Å². The zero-order valence-corrected chi connectivity index (χ0v) is 36.5. The van der Waals surface area contributed by atoms with E-state index in [1.54, 1.807) is 62.4 Å². The van der Waals surface area contributed by atoms with Gasteiger partial charge in [0.1, 0.15) is 23.9 Å². The number of carbonyl (C=O) groups excluding carboxylic acids is 6. The van der Waals surface area contributed by atoms with Crippen LogP contribution >= 0.6 is 0 Å². The zero-order chi connectivity index (χ0) is 45.7. The van der Waals surface area contributed by atoms with Gasteiger partial charge in [0.05, 0.1) is 42.8 Å². The Morgan fingerprint density at radius 1 is 0.952 bits per heavy atom. The van der Waals surface area contributed by atoms with Crippen LogP contribution in [0.15, 0.2) is 71.8 Å². The van der Waals surface area contributed by atoms with Crippen molar-refractivity contribution in [3.8, 4) is 0 Å². The lowest BCUT2D eigenvalue weighted by Gasteiger charge is -2.67. The molecule has 62 heavy (non-hydrogen) atoms. The minimum atomic E-state index is -2.42. The number of methoxy groups -OCH3 is 1. The average molecular weight is 864 g/mol. The van der Waals surface area contributed by atoms with Crippen LogP contribution in [0.1, 0.15) is 96.6 Å². The Morgan fingerprint density at radius 2 is 1.56 bits per heavy atom. The summed E-state index contributed by atoms with van der Waals surface area (Å²) < 4.78 is 35.1. The second-order valence-electron chi connectivity index (χ2n) is 18.8. The summed E-state index contributed by atoms with van der Waals surface area (Å²) in [6.07, 6.45) is -11.9. The van der Waals surface area contributed by atoms with E-state index in [0.717, 1.165) is 14.0 Å². The van der Waals surface area contributed by atoms with Crippen LogP contribution in [0.25, 0.3) is 0 Å². The van der Waals surface area contributed by atoms with Crippen LogP contribution in [0.3, 0.4) is 0 Å². The predicted molar refractivity (Wildman–Crippen MR) is 218 cm³/mol. The predicted octanol–water partition coefficient (Wildman–Crippen LogP) is 4.08. The average Bonchev–Trinajstić information content (AvgIpc) is 3.20. The van der Waals surface area contributed by atoms with Gasteiger partial charge in [-0.25, -0.2) is 14.4 Å². The van der Waals surface area contributed by atoms with Crippen molar-refractivity contribution in [3.63, 3.8) is 0 Å². The Morgan fingerprint density at radius 3 is 2.11 bits per heavy atom. The van der Waals surface area contributed by atoms with E-state index in [1.165, 1.54) is 26.0 Å². The Kier molecular flexibility index (Phi) is 12.6. The van der Waals surface area contributed by atoms with Gasteiger partial charge >= 0.3 is 24.1 Å². The summed E-state index contributed by atoms with van der Waals surface area (Å²) in [5.41, 5.74) is -7.94. The first-order valence-corrected chi connectivity index (χ1v) is 20.6. The summed E-state index contributed by atoms with van der Waals surface area (Å²) in [6, 6.07) is 14.8. The minimum absolute atomic E-state index is 0.0145. The van der Waals surface area contributed by atoms with E-state index in [-0.39, 0.29) is 36.2 Å². The number of rotatable bonds is 10. The lowest BCUT2D eigenvalue weighted by molar-refractivity contribution is -0.344. The van der Waals surface area contributed by atoms with Crippen molar-refractivity contribution in [3.05, 3.63) is 82.9 Å². The number of ether oxygens (including phenoxy) is 6. The molecule has 3 fully saturated rings. The highest BCUT2D eigenvalue weighted by atomic mass is 16.8. The Labute approximate surface area is 360 Å². The molecule has 2 unspecified atom stereocenters. The first-order chi connectivity index (χ1) is 28.9. The van der Waals surface area contributed by atoms with Gasteiger partial charge in [0, 0.05) is 31.6 Å². The molecular formula is C46H57NO15. The standard InChI is InChI=1S/C46H57NO15/c1-24-28(60-40(54)34(51)33(26-16-12-10-13-17-26)47-31(50)22-42(3,4)5)21-46(56)38(61-39(53)27-18-14-11-15-19-27)36-44(8,37(52)35(59-25(2)48)32(24)43(46,6)7)29(49)20-30-45(36,23-58-30)62-41(55)57-9/h10-19,28-30,33-36,38,49,51,56H,20-23H2,1-9H3,(H,47,50)/t28-,29-,30+,33-,34+,35+,36?,38?,44+,45-,46+/m0/s1. The molecule has 4 aliphatic rings. The number of fused-ring (bicyclic) bond motifs is 5. The number of carbonyl (C=O) groups is 6. The Balaban J connectivity index is 1.54. The highest BCUT2D eigenvalue weighted by molar-refractivity contribution is 5.95. The number of amides is 1. The van der Waals surface area contributed by atoms with Gasteiger partial charge in [0.15, 0.2) is 23.6 Å². The summed E-state index contributed by atoms with van der Waals surface area (Å²) in [5.74, 6) is -6.03. The number of hydrogen-bond acceptors (Lipinski definition) is 15. The molecule has 2 bridgehead atoms. The van der Waals surface area contributed by atoms with Crippen molar-refractivity contribution in [2.24, 2.45) is 22.2 Å². The number of nitrogens with one attached hydrogen (secondary N) is 1. The molecule has 6 rings (SSSR count). The number of esters is 3. The largest absolute Gasteiger partial charge is 0.508 e. The van der Waals surface area contributed by atoms with Crippen LogP contribution in [-0.2, 0) is 47.6 Å². The molecule has 2 aromatic carbocycles. The monoisotopic (exact) mass is 863 g/mol. The summed E-state index contributed by atoms with van der Waals surface area (Å²) >= 11 is 0. The number of hydrogen-bond donors (Lipinski definition) is 4. The smallest absolute Gasteiger partial charge is 0.456 e. The van der Waals surface area contributed by atoms with Crippen molar-refractivity contribution in [1.82, 2.24) is 5.32 Å². The van der Waals surface area contributed by atoms with Gasteiger partial charge in [0.2, 0.25) is 5.91 Å². The van der Waals surface area contributed by atoms with Gasteiger partial charge in [0.25, 0.3) is 0 Å². The van der Waals surface area contributed by atoms with Crippen LogP contribution in [-0.4, -0.2) is 113 Å². The third-order valence-electron chi connectivity index (χ3n) is 13.3. The molecule has 0 spiro atoms. The maximum absolute atomic E-state index is 15.5. The van der Waals surface area contributed by atoms with Crippen molar-refractivity contribution in [2.45, 2.75) is 129 Å². The molecule has 2 saturated carbocycles. The van der Waals surface area contributed by atoms with Crippen molar-refractivity contribution < 1.29 is 72.5 Å². The highest BCUT2D eigenvalue weighted by Gasteiger charge is 2.78. The topological polar surface area (TPSA) is 231 Å². The van der Waals surface area contributed by atoms with Gasteiger partial charge in [-0.3, -0.25) is 14.4 Å². The molecular weight excluding hydrogens is 806 g/mol. The minimum Gasteiger partial charge on any atom is -0.456 e. The number of aliphatic hydroxyl groups excluding tert-OH is 2. The first kappa shape index (κ1) is 46.3. The molecule has 0 aromatic heterocycles. The van der Waals surface area contributed by atoms with Crippen LogP contribution in [0, 0.1) is 22.2 Å². The second kappa shape index (κ2) is 16.8. The molecule has 1 amide bonds. The lowest BCUT2D eigenvalue weighted by Crippen LogP contribution is -2.82. The Hall–Kier alpha value is -5.16. The highest BCUT2D eigenvalue weighted by Crippen LogP contribution is 2.64. The quantitative estimate of drug-likeness (QED) is 0.150. The molecule has 16 heteroatoms. The molecule has 3 aliphatic carbocycles. The fourth-order valence-electron chi connectivity index (χ4n) is 10.0. The molecule has 16 nitrogen and oxygen atoms in total. The number of aliphatic hydroxyl groups is 3. The normalized spacial score (nSPS) is 32.2. The molecule has 2 aromatic rings. The van der Waals surface area contributed by atoms with Crippen molar-refractivity contribution in [2.75, 3.05) is 13.7 Å². The van der Waals surface area contributed by atoms with Crippen LogP contribution < -0.4 is 5.32 Å². The molecule has 1 heterocycles. The SMILES string of the molecule is COC(=O)O[C@@]12CO[C@@H]1C[C@H](O)[C@@]1(C)C(=O)[C@H](OC(C)=O)C3=C(C)[C@@H](OC(=O)[C@H](O)[C@@H](NC(=O)CC(C)(C)C)c4ccccc4)C[C@@](O)(C(OC(=O)c4ccccc4)C12)C3(C)C. The van der Waals surface area contributed by atoms with Crippen LogP contribution in [0.2, 0.25) is 0 Å². The fourth-order valence-corrected chi connectivity index (χ4v) is 10.0. The summed E-state index contributed by atoms with van der Waals surface area (Å²) in [4.78, 5) is 83.4. The zero-order valence-electron chi connectivity index (χ0n) is 36.5. The summed E-state index contributed by atoms with van der Waals surface area (Å²) in [6.45, 7) is 12.3. The molecule has 1 aliphatic heterocycles. The lowest BCUT2D eigenvalue weighted by atomic mass is 9.44. The van der Waals surface area contributed by atoms with Crippen molar-refractivity contribution in [1.29, 1.82) is 0 Å². The molecule has 336 valence electrons. The van der Waals surface area contributed by atoms with Gasteiger partial charge < -0.3 is 49.1 Å². The first-order valence-electron chi connectivity index (χ1n) is 20.6. The van der Waals surface area contributed by atoms with Gasteiger partial charge in [-0.2, -0.15) is 0 Å². The molecule has 1 saturated heterocycles. The maximum atomic E-state index is 15.5. The number of benzene rings is 2. The molecule has 0 radical (unpaired) electrons. The molecule has 11 atom stereocenters.